The molecular weight excluding hydrogens is 360 g/mol. The van der Waals surface area contributed by atoms with Gasteiger partial charge in [0.1, 0.15) is 9.96 Å². The van der Waals surface area contributed by atoms with Crippen molar-refractivity contribution < 1.29 is 18.3 Å². The number of piperidine rings is 1. The first-order chi connectivity index (χ1) is 11.9. The molecule has 0 saturated carbocycles. The van der Waals surface area contributed by atoms with Crippen molar-refractivity contribution in [1.29, 1.82) is 0 Å². The van der Waals surface area contributed by atoms with Crippen molar-refractivity contribution in [3.05, 3.63) is 41.3 Å². The van der Waals surface area contributed by atoms with Gasteiger partial charge in [-0.2, -0.15) is 4.31 Å². The van der Waals surface area contributed by atoms with Gasteiger partial charge in [-0.05, 0) is 44.0 Å². The molecule has 1 fully saturated rings. The van der Waals surface area contributed by atoms with E-state index in [4.69, 9.17) is 0 Å². The minimum Gasteiger partial charge on any atom is -0.506 e. The van der Waals surface area contributed by atoms with E-state index in [1.54, 1.807) is 30.3 Å². The van der Waals surface area contributed by atoms with Crippen LogP contribution in [0.5, 0.6) is 5.75 Å². The summed E-state index contributed by atoms with van der Waals surface area (Å²) < 4.78 is 27.2. The lowest BCUT2D eigenvalue weighted by Crippen LogP contribution is -2.43. The summed E-state index contributed by atoms with van der Waals surface area (Å²) in [6.07, 6.45) is 1.25. The van der Waals surface area contributed by atoms with Crippen LogP contribution in [-0.2, 0) is 14.8 Å². The molecule has 1 amide bonds. The molecule has 3 rings (SSSR count). The normalized spacial score (nSPS) is 18.8. The fourth-order valence-electron chi connectivity index (χ4n) is 2.87. The predicted octanol–water partition coefficient (Wildman–Crippen LogP) is 2.80. The van der Waals surface area contributed by atoms with Gasteiger partial charge in [-0.25, -0.2) is 8.42 Å². The minimum atomic E-state index is -3.57. The van der Waals surface area contributed by atoms with Crippen LogP contribution in [0.1, 0.15) is 17.7 Å². The van der Waals surface area contributed by atoms with E-state index < -0.39 is 15.9 Å². The number of phenols is 1. The number of benzene rings is 1. The van der Waals surface area contributed by atoms with Gasteiger partial charge in [-0.15, -0.1) is 11.3 Å². The maximum atomic E-state index is 12.7. The number of aromatic hydroxyl groups is 1. The van der Waals surface area contributed by atoms with Gasteiger partial charge in [-0.1, -0.05) is 12.1 Å². The number of hydrogen-bond acceptors (Lipinski definition) is 5. The van der Waals surface area contributed by atoms with E-state index in [1.807, 2.05) is 6.92 Å². The second kappa shape index (κ2) is 7.15. The summed E-state index contributed by atoms with van der Waals surface area (Å²) in [7, 11) is -3.57. The molecule has 1 aromatic heterocycles. The highest BCUT2D eigenvalue weighted by atomic mass is 32.2. The Morgan fingerprint density at radius 1 is 1.28 bits per heavy atom. The Morgan fingerprint density at radius 3 is 2.72 bits per heavy atom. The van der Waals surface area contributed by atoms with Crippen molar-refractivity contribution in [2.45, 2.75) is 24.0 Å². The predicted molar refractivity (Wildman–Crippen MR) is 97.3 cm³/mol. The Balaban J connectivity index is 1.73. The lowest BCUT2D eigenvalue weighted by Gasteiger charge is -2.30. The molecule has 0 radical (unpaired) electrons. The molecule has 2 aromatic rings. The van der Waals surface area contributed by atoms with Gasteiger partial charge in [-0.3, -0.25) is 4.79 Å². The zero-order chi connectivity index (χ0) is 18.0. The van der Waals surface area contributed by atoms with Crippen LogP contribution >= 0.6 is 11.3 Å². The van der Waals surface area contributed by atoms with Crippen molar-refractivity contribution >= 4 is 33.0 Å². The first-order valence-corrected chi connectivity index (χ1v) is 10.3. The van der Waals surface area contributed by atoms with E-state index in [0.717, 1.165) is 4.88 Å². The number of carbonyl (C=O) groups excluding carboxylic acids is 1. The number of rotatable bonds is 4. The van der Waals surface area contributed by atoms with E-state index in [9.17, 15) is 18.3 Å². The van der Waals surface area contributed by atoms with Gasteiger partial charge in [0.05, 0.1) is 11.6 Å². The van der Waals surface area contributed by atoms with Gasteiger partial charge >= 0.3 is 0 Å². The van der Waals surface area contributed by atoms with Crippen LogP contribution < -0.4 is 5.32 Å². The summed E-state index contributed by atoms with van der Waals surface area (Å²) in [6.45, 7) is 2.43. The molecule has 1 aliphatic heterocycles. The molecule has 1 atom stereocenters. The number of anilines is 1. The summed E-state index contributed by atoms with van der Waals surface area (Å²) in [4.78, 5) is 13.4. The zero-order valence-electron chi connectivity index (χ0n) is 13.8. The molecule has 8 heteroatoms. The average Bonchev–Trinajstić information content (AvgIpc) is 3.04. The smallest absolute Gasteiger partial charge is 0.252 e. The molecule has 1 aliphatic rings. The van der Waals surface area contributed by atoms with Gasteiger partial charge < -0.3 is 10.4 Å². The molecule has 1 aromatic carbocycles. The number of phenolic OH excluding ortho intramolecular Hbond substituents is 1. The Labute approximate surface area is 151 Å². The topological polar surface area (TPSA) is 86.7 Å². The lowest BCUT2D eigenvalue weighted by atomic mass is 9.98. The Hall–Kier alpha value is -1.90. The fraction of sp³-hybridized carbons (Fsp3) is 0.353. The van der Waals surface area contributed by atoms with E-state index in [1.165, 1.54) is 21.7 Å². The van der Waals surface area contributed by atoms with Crippen molar-refractivity contribution in [1.82, 2.24) is 4.31 Å². The molecule has 0 unspecified atom stereocenters. The highest BCUT2D eigenvalue weighted by molar-refractivity contribution is 7.91. The zero-order valence-corrected chi connectivity index (χ0v) is 15.4. The lowest BCUT2D eigenvalue weighted by molar-refractivity contribution is -0.120. The van der Waals surface area contributed by atoms with Crippen LogP contribution in [0.25, 0.3) is 0 Å². The molecule has 0 spiro atoms. The number of amides is 1. The third-order valence-electron chi connectivity index (χ3n) is 4.23. The third kappa shape index (κ3) is 3.86. The van der Waals surface area contributed by atoms with Crippen molar-refractivity contribution in [3.8, 4) is 5.75 Å². The number of carbonyl (C=O) groups is 1. The number of aryl methyl sites for hydroxylation is 1. The Kier molecular flexibility index (Phi) is 5.12. The number of nitrogens with zero attached hydrogens (tertiary/aromatic N) is 1. The first-order valence-electron chi connectivity index (χ1n) is 8.03. The molecule has 6 nitrogen and oxygen atoms in total. The second-order valence-corrected chi connectivity index (χ2v) is 9.53. The van der Waals surface area contributed by atoms with Crippen molar-refractivity contribution in [3.63, 3.8) is 0 Å². The van der Waals surface area contributed by atoms with Crippen LogP contribution in [0, 0.1) is 12.8 Å². The van der Waals surface area contributed by atoms with E-state index in [-0.39, 0.29) is 18.2 Å². The van der Waals surface area contributed by atoms with Gasteiger partial charge in [0, 0.05) is 18.0 Å². The van der Waals surface area contributed by atoms with Crippen LogP contribution in [0.2, 0.25) is 0 Å². The highest BCUT2D eigenvalue weighted by Crippen LogP contribution is 2.29. The largest absolute Gasteiger partial charge is 0.506 e. The quantitative estimate of drug-likeness (QED) is 0.799. The standard InChI is InChI=1S/C17H20N2O4S2/c1-12-8-9-16(24-12)25(22,23)19-10-4-5-13(11-19)17(21)18-14-6-2-3-7-15(14)20/h2-3,6-9,13,20H,4-5,10-11H2,1H3,(H,18,21)/t13-/m1/s1. The van der Waals surface area contributed by atoms with Gasteiger partial charge in [0.15, 0.2) is 0 Å². The van der Waals surface area contributed by atoms with Crippen LogP contribution in [0.4, 0.5) is 5.69 Å². The highest BCUT2D eigenvalue weighted by Gasteiger charge is 2.34. The summed E-state index contributed by atoms with van der Waals surface area (Å²) in [5.41, 5.74) is 0.335. The van der Waals surface area contributed by atoms with E-state index in [0.29, 0.717) is 29.3 Å². The van der Waals surface area contributed by atoms with Crippen molar-refractivity contribution in [2.24, 2.45) is 5.92 Å². The SMILES string of the molecule is Cc1ccc(S(=O)(=O)N2CCC[C@@H](C(=O)Nc3ccccc3O)C2)s1. The van der Waals surface area contributed by atoms with E-state index in [2.05, 4.69) is 5.32 Å². The van der Waals surface area contributed by atoms with Crippen molar-refractivity contribution in [2.75, 3.05) is 18.4 Å². The van der Waals surface area contributed by atoms with Crippen LogP contribution in [0.15, 0.2) is 40.6 Å². The van der Waals surface area contributed by atoms with Gasteiger partial charge in [0.2, 0.25) is 5.91 Å². The molecule has 2 N–H and O–H groups in total. The number of hydrogen-bond donors (Lipinski definition) is 2. The number of nitrogens with one attached hydrogen (secondary N) is 1. The molecule has 134 valence electrons. The molecule has 25 heavy (non-hydrogen) atoms. The summed E-state index contributed by atoms with van der Waals surface area (Å²) in [5, 5.41) is 12.5. The molecular formula is C17H20N2O4S2. The van der Waals surface area contributed by atoms with Crippen LogP contribution in [0.3, 0.4) is 0 Å². The first kappa shape index (κ1) is 17.9. The third-order valence-corrected chi connectivity index (χ3v) is 7.56. The summed E-state index contributed by atoms with van der Waals surface area (Å²) in [5.74, 6) is -0.724. The minimum absolute atomic E-state index is 0.00908. The average molecular weight is 380 g/mol. The monoisotopic (exact) mass is 380 g/mol. The molecule has 1 saturated heterocycles. The Morgan fingerprint density at radius 2 is 2.04 bits per heavy atom. The van der Waals surface area contributed by atoms with Gasteiger partial charge in [0.25, 0.3) is 10.0 Å². The number of sulfonamides is 1. The number of para-hydroxylation sites is 2. The number of thiophene rings is 1. The molecule has 0 bridgehead atoms. The van der Waals surface area contributed by atoms with E-state index >= 15 is 0 Å². The maximum absolute atomic E-state index is 12.7. The maximum Gasteiger partial charge on any atom is 0.252 e. The Bertz CT molecular complexity index is 876. The van der Waals surface area contributed by atoms with Crippen LogP contribution in [-0.4, -0.2) is 36.8 Å². The molecule has 2 heterocycles. The molecule has 0 aliphatic carbocycles. The second-order valence-electron chi connectivity index (χ2n) is 6.07. The fourth-order valence-corrected chi connectivity index (χ4v) is 5.83. The summed E-state index contributed by atoms with van der Waals surface area (Å²) >= 11 is 1.24. The summed E-state index contributed by atoms with van der Waals surface area (Å²) in [6, 6.07) is 9.88.